The van der Waals surface area contributed by atoms with Crippen molar-refractivity contribution in [3.63, 3.8) is 0 Å². The van der Waals surface area contributed by atoms with E-state index in [1.165, 1.54) is 47.9 Å². The summed E-state index contributed by atoms with van der Waals surface area (Å²) in [7, 11) is 0. The van der Waals surface area contributed by atoms with Gasteiger partial charge in [-0.3, -0.25) is 14.9 Å². The number of carbonyl (C=O) groups is 2. The molecule has 0 aliphatic rings. The van der Waals surface area contributed by atoms with E-state index in [0.29, 0.717) is 32.4 Å². The predicted octanol–water partition coefficient (Wildman–Crippen LogP) is 5.19. The fraction of sp³-hybridized carbons (Fsp3) is 0. The number of carbonyl (C=O) groups excluding carboxylic acids is 1. The molecule has 0 unspecified atom stereocenters. The zero-order chi connectivity index (χ0) is 22.8. The van der Waals surface area contributed by atoms with Gasteiger partial charge in [-0.1, -0.05) is 11.6 Å². The van der Waals surface area contributed by atoms with Gasteiger partial charge in [-0.2, -0.15) is 5.10 Å². The number of furan rings is 1. The highest BCUT2D eigenvalue weighted by Gasteiger charge is 2.14. The third kappa shape index (κ3) is 4.36. The van der Waals surface area contributed by atoms with Crippen LogP contribution in [0.25, 0.3) is 21.4 Å². The van der Waals surface area contributed by atoms with Gasteiger partial charge in [-0.25, -0.2) is 10.2 Å². The average Bonchev–Trinajstić information content (AvgIpc) is 3.40. The van der Waals surface area contributed by atoms with Gasteiger partial charge in [-0.15, -0.1) is 11.3 Å². The van der Waals surface area contributed by atoms with Crippen LogP contribution in [0.4, 0.5) is 5.69 Å². The van der Waals surface area contributed by atoms with Crippen LogP contribution in [0.3, 0.4) is 0 Å². The zero-order valence-electron chi connectivity index (χ0n) is 15.9. The van der Waals surface area contributed by atoms with Crippen molar-refractivity contribution in [2.75, 3.05) is 0 Å². The summed E-state index contributed by atoms with van der Waals surface area (Å²) in [5.74, 6) is -0.912. The maximum atomic E-state index is 12.3. The SMILES string of the molecule is O=C(O)c1ccc(Cl)c(-c2ccc(/C=N\NC(=O)c3cc4cc([N+](=O)[O-])ccc4s3)o2)c1. The molecule has 0 atom stereocenters. The lowest BCUT2D eigenvalue weighted by molar-refractivity contribution is -0.384. The first kappa shape index (κ1) is 21.2. The number of nitrogens with zero attached hydrogens (tertiary/aromatic N) is 2. The van der Waals surface area contributed by atoms with Gasteiger partial charge in [0.25, 0.3) is 11.6 Å². The number of nitro groups is 1. The van der Waals surface area contributed by atoms with E-state index in [-0.39, 0.29) is 11.3 Å². The van der Waals surface area contributed by atoms with Gasteiger partial charge < -0.3 is 9.52 Å². The van der Waals surface area contributed by atoms with Gasteiger partial charge in [-0.05, 0) is 42.5 Å². The van der Waals surface area contributed by atoms with Crippen molar-refractivity contribution >= 4 is 56.8 Å². The molecule has 0 saturated heterocycles. The standard InChI is InChI=1S/C21H12ClN3O6S/c22-16-4-1-11(21(27)28)8-15(16)17-5-3-14(31-17)10-23-24-20(26)19-9-12-7-13(25(29)30)2-6-18(12)32-19/h1-10H,(H,24,26)(H,27,28)/b23-10-. The topological polar surface area (TPSA) is 135 Å². The number of benzene rings is 2. The number of aromatic carboxylic acids is 1. The van der Waals surface area contributed by atoms with Gasteiger partial charge in [0, 0.05) is 27.8 Å². The molecule has 160 valence electrons. The molecule has 2 N–H and O–H groups in total. The van der Waals surface area contributed by atoms with E-state index >= 15 is 0 Å². The summed E-state index contributed by atoms with van der Waals surface area (Å²) in [4.78, 5) is 34.2. The zero-order valence-corrected chi connectivity index (χ0v) is 17.5. The molecule has 0 aliphatic heterocycles. The number of fused-ring (bicyclic) bond motifs is 1. The van der Waals surface area contributed by atoms with Gasteiger partial charge in [0.2, 0.25) is 0 Å². The van der Waals surface area contributed by atoms with Crippen LogP contribution in [0.2, 0.25) is 5.02 Å². The second-order valence-corrected chi connectivity index (χ2v) is 7.98. The number of amides is 1. The third-order valence-corrected chi connectivity index (χ3v) is 5.84. The molecule has 0 radical (unpaired) electrons. The Labute approximate surface area is 188 Å². The van der Waals surface area contributed by atoms with Crippen molar-refractivity contribution in [1.82, 2.24) is 5.43 Å². The van der Waals surface area contributed by atoms with Gasteiger partial charge in [0.1, 0.15) is 11.5 Å². The van der Waals surface area contributed by atoms with Gasteiger partial charge in [0.05, 0.1) is 26.6 Å². The van der Waals surface area contributed by atoms with Crippen molar-refractivity contribution in [1.29, 1.82) is 0 Å². The van der Waals surface area contributed by atoms with Crippen LogP contribution in [0.5, 0.6) is 0 Å². The van der Waals surface area contributed by atoms with Crippen molar-refractivity contribution < 1.29 is 24.0 Å². The molecule has 4 rings (SSSR count). The van der Waals surface area contributed by atoms with E-state index in [9.17, 15) is 19.7 Å². The minimum absolute atomic E-state index is 0.0529. The predicted molar refractivity (Wildman–Crippen MR) is 120 cm³/mol. The van der Waals surface area contributed by atoms with Crippen LogP contribution in [-0.4, -0.2) is 28.1 Å². The number of carboxylic acids is 1. The van der Waals surface area contributed by atoms with E-state index in [2.05, 4.69) is 10.5 Å². The van der Waals surface area contributed by atoms with Gasteiger partial charge >= 0.3 is 5.97 Å². The highest BCUT2D eigenvalue weighted by molar-refractivity contribution is 7.20. The monoisotopic (exact) mass is 469 g/mol. The molecule has 0 saturated carbocycles. The summed E-state index contributed by atoms with van der Waals surface area (Å²) in [6, 6.07) is 13.4. The average molecular weight is 470 g/mol. The molecular formula is C21H12ClN3O6S. The van der Waals surface area contributed by atoms with Crippen molar-refractivity contribution in [3.8, 4) is 11.3 Å². The molecule has 1 amide bonds. The summed E-state index contributed by atoms with van der Waals surface area (Å²) in [5, 5.41) is 24.8. The Hall–Kier alpha value is -4.02. The summed E-state index contributed by atoms with van der Waals surface area (Å²) < 4.78 is 6.35. The fourth-order valence-corrected chi connectivity index (χ4v) is 4.02. The first-order chi connectivity index (χ1) is 15.3. The van der Waals surface area contributed by atoms with Crippen LogP contribution >= 0.6 is 22.9 Å². The Morgan fingerprint density at radius 2 is 1.97 bits per heavy atom. The lowest BCUT2D eigenvalue weighted by Crippen LogP contribution is -2.15. The fourth-order valence-electron chi connectivity index (χ4n) is 2.88. The number of hydrogen-bond acceptors (Lipinski definition) is 7. The lowest BCUT2D eigenvalue weighted by Gasteiger charge is -2.02. The third-order valence-electron chi connectivity index (χ3n) is 4.40. The molecule has 0 aliphatic carbocycles. The molecule has 4 aromatic rings. The number of nitro benzene ring substituents is 1. The Morgan fingerprint density at radius 1 is 1.16 bits per heavy atom. The van der Waals surface area contributed by atoms with Crippen molar-refractivity contribution in [2.45, 2.75) is 0 Å². The maximum Gasteiger partial charge on any atom is 0.335 e. The Kier molecular flexibility index (Phi) is 5.71. The Morgan fingerprint density at radius 3 is 2.72 bits per heavy atom. The quantitative estimate of drug-likeness (QED) is 0.227. The van der Waals surface area contributed by atoms with Gasteiger partial charge in [0.15, 0.2) is 0 Å². The first-order valence-electron chi connectivity index (χ1n) is 8.96. The van der Waals surface area contributed by atoms with Crippen LogP contribution in [0.15, 0.2) is 64.1 Å². The van der Waals surface area contributed by atoms with Crippen molar-refractivity contribution in [2.24, 2.45) is 5.10 Å². The molecule has 0 spiro atoms. The first-order valence-corrected chi connectivity index (χ1v) is 10.2. The second-order valence-electron chi connectivity index (χ2n) is 6.49. The Balaban J connectivity index is 1.47. The van der Waals surface area contributed by atoms with Crippen LogP contribution in [-0.2, 0) is 0 Å². The van der Waals surface area contributed by atoms with Crippen LogP contribution in [0.1, 0.15) is 25.8 Å². The number of non-ortho nitro benzene ring substituents is 1. The van der Waals surface area contributed by atoms with E-state index in [1.54, 1.807) is 24.3 Å². The minimum Gasteiger partial charge on any atom is -0.478 e. The molecule has 9 nitrogen and oxygen atoms in total. The Bertz CT molecular complexity index is 1410. The largest absolute Gasteiger partial charge is 0.478 e. The number of hydrazone groups is 1. The second kappa shape index (κ2) is 8.61. The number of thiophene rings is 1. The molecule has 0 bridgehead atoms. The molecule has 2 heterocycles. The molecular weight excluding hydrogens is 458 g/mol. The molecule has 2 aromatic heterocycles. The lowest BCUT2D eigenvalue weighted by atomic mass is 10.1. The number of nitrogens with one attached hydrogen (secondary N) is 1. The summed E-state index contributed by atoms with van der Waals surface area (Å²) in [6.45, 7) is 0. The highest BCUT2D eigenvalue weighted by atomic mass is 35.5. The maximum absolute atomic E-state index is 12.3. The smallest absolute Gasteiger partial charge is 0.335 e. The molecule has 32 heavy (non-hydrogen) atoms. The summed E-state index contributed by atoms with van der Waals surface area (Å²) in [5.41, 5.74) is 2.80. The van der Waals surface area contributed by atoms with Crippen molar-refractivity contribution in [3.05, 3.63) is 85.9 Å². The van der Waals surface area contributed by atoms with E-state index in [0.717, 1.165) is 4.70 Å². The molecule has 2 aromatic carbocycles. The highest BCUT2D eigenvalue weighted by Crippen LogP contribution is 2.31. The number of halogens is 1. The molecule has 0 fully saturated rings. The minimum atomic E-state index is -1.09. The van der Waals surface area contributed by atoms with Crippen LogP contribution in [0, 0.1) is 10.1 Å². The molecule has 11 heteroatoms. The number of hydrogen-bond donors (Lipinski definition) is 2. The normalized spacial score (nSPS) is 11.2. The number of carboxylic acid groups (broad SMARTS) is 1. The van der Waals surface area contributed by atoms with E-state index in [1.807, 2.05) is 0 Å². The number of rotatable bonds is 6. The van der Waals surface area contributed by atoms with E-state index in [4.69, 9.17) is 21.1 Å². The van der Waals surface area contributed by atoms with E-state index < -0.39 is 16.8 Å². The van der Waals surface area contributed by atoms with Crippen LogP contribution < -0.4 is 5.43 Å². The summed E-state index contributed by atoms with van der Waals surface area (Å²) >= 11 is 7.32. The summed E-state index contributed by atoms with van der Waals surface area (Å²) in [6.07, 6.45) is 1.29.